The van der Waals surface area contributed by atoms with Crippen LogP contribution in [-0.4, -0.2) is 40.4 Å². The molecule has 0 aliphatic carbocycles. The van der Waals surface area contributed by atoms with Crippen molar-refractivity contribution in [3.63, 3.8) is 0 Å². The lowest BCUT2D eigenvalue weighted by molar-refractivity contribution is -0.384. The van der Waals surface area contributed by atoms with Gasteiger partial charge in [-0.15, -0.1) is 0 Å². The van der Waals surface area contributed by atoms with Gasteiger partial charge in [-0.05, 0) is 18.4 Å². The normalized spacial score (nSPS) is 20.7. The molecule has 2 fully saturated rings. The van der Waals surface area contributed by atoms with Gasteiger partial charge in [0.15, 0.2) is 0 Å². The van der Waals surface area contributed by atoms with Gasteiger partial charge in [0.1, 0.15) is 5.54 Å². The molecule has 2 N–H and O–H groups in total. The smallest absolute Gasteiger partial charge is 0.322 e. The van der Waals surface area contributed by atoms with Gasteiger partial charge in [-0.2, -0.15) is 0 Å². The highest BCUT2D eigenvalue weighted by Gasteiger charge is 2.47. The number of benzene rings is 1. The fourth-order valence-electron chi connectivity index (χ4n) is 2.95. The average Bonchev–Trinajstić information content (AvgIpc) is 2.76. The number of non-ortho nitro benzene ring substituents is 1. The van der Waals surface area contributed by atoms with Gasteiger partial charge < -0.3 is 5.32 Å². The molecule has 8 heteroatoms. The minimum absolute atomic E-state index is 0.0756. The molecule has 2 saturated heterocycles. The van der Waals surface area contributed by atoms with Gasteiger partial charge in [0.2, 0.25) is 0 Å². The summed E-state index contributed by atoms with van der Waals surface area (Å²) in [5.74, 6) is -0.243. The maximum absolute atomic E-state index is 11.9. The van der Waals surface area contributed by atoms with Crippen molar-refractivity contribution in [3.8, 4) is 0 Å². The summed E-state index contributed by atoms with van der Waals surface area (Å²) in [6.45, 7) is 2.04. The number of piperidine rings is 1. The number of hydrogen-bond acceptors (Lipinski definition) is 5. The Morgan fingerprint density at radius 1 is 1.18 bits per heavy atom. The predicted octanol–water partition coefficient (Wildman–Crippen LogP) is 0.769. The van der Waals surface area contributed by atoms with E-state index < -0.39 is 16.5 Å². The summed E-state index contributed by atoms with van der Waals surface area (Å²) in [5.41, 5.74) is 0.302. The molecule has 2 aliphatic heterocycles. The Labute approximate surface area is 126 Å². The quantitative estimate of drug-likeness (QED) is 0.487. The molecule has 2 aliphatic rings. The van der Waals surface area contributed by atoms with Crippen LogP contribution < -0.4 is 10.6 Å². The molecule has 0 saturated carbocycles. The molecule has 3 rings (SSSR count). The number of likely N-dealkylation sites (tertiary alicyclic amines) is 1. The molecule has 2 heterocycles. The number of hydrogen-bond donors (Lipinski definition) is 2. The molecule has 1 aromatic rings. The summed E-state index contributed by atoms with van der Waals surface area (Å²) in [7, 11) is 0. The number of nitro groups is 1. The summed E-state index contributed by atoms with van der Waals surface area (Å²) < 4.78 is 0. The van der Waals surface area contributed by atoms with Crippen LogP contribution in [0, 0.1) is 10.1 Å². The lowest BCUT2D eigenvalue weighted by Gasteiger charge is -2.36. The molecule has 0 unspecified atom stereocenters. The van der Waals surface area contributed by atoms with Crippen molar-refractivity contribution in [2.24, 2.45) is 0 Å². The zero-order valence-electron chi connectivity index (χ0n) is 11.9. The lowest BCUT2D eigenvalue weighted by Crippen LogP contribution is -2.54. The zero-order chi connectivity index (χ0) is 15.7. The molecular formula is C14H16N4O4. The SMILES string of the molecule is O=C1NC(=O)C2(CCN(Cc3ccc([N+](=O)[O-])cc3)CC2)N1. The highest BCUT2D eigenvalue weighted by molar-refractivity contribution is 6.07. The summed E-state index contributed by atoms with van der Waals surface area (Å²) in [5, 5.41) is 15.6. The molecule has 1 spiro atoms. The maximum Gasteiger partial charge on any atom is 0.322 e. The largest absolute Gasteiger partial charge is 0.323 e. The maximum atomic E-state index is 11.9. The topological polar surface area (TPSA) is 105 Å². The van der Waals surface area contributed by atoms with Crippen molar-refractivity contribution < 1.29 is 14.5 Å². The molecule has 116 valence electrons. The fourth-order valence-corrected chi connectivity index (χ4v) is 2.95. The van der Waals surface area contributed by atoms with E-state index in [2.05, 4.69) is 15.5 Å². The molecule has 0 bridgehead atoms. The first kappa shape index (κ1) is 14.5. The molecule has 0 atom stereocenters. The van der Waals surface area contributed by atoms with Crippen LogP contribution >= 0.6 is 0 Å². The Hall–Kier alpha value is -2.48. The molecule has 3 amide bonds. The third-order valence-corrected chi connectivity index (χ3v) is 4.28. The number of nitrogens with one attached hydrogen (secondary N) is 2. The minimum atomic E-state index is -0.761. The van der Waals surface area contributed by atoms with E-state index in [1.807, 2.05) is 0 Å². The zero-order valence-corrected chi connectivity index (χ0v) is 11.9. The Morgan fingerprint density at radius 2 is 1.82 bits per heavy atom. The van der Waals surface area contributed by atoms with E-state index >= 15 is 0 Å². The number of nitrogens with zero attached hydrogens (tertiary/aromatic N) is 2. The highest BCUT2D eigenvalue weighted by atomic mass is 16.6. The molecule has 1 aromatic carbocycles. The van der Waals surface area contributed by atoms with E-state index in [4.69, 9.17) is 0 Å². The average molecular weight is 304 g/mol. The monoisotopic (exact) mass is 304 g/mol. The summed E-state index contributed by atoms with van der Waals surface area (Å²) in [6.07, 6.45) is 1.13. The van der Waals surface area contributed by atoms with Gasteiger partial charge in [-0.25, -0.2) is 4.79 Å². The summed E-state index contributed by atoms with van der Waals surface area (Å²) in [6, 6.07) is 6.05. The molecule has 0 radical (unpaired) electrons. The Kier molecular flexibility index (Phi) is 3.53. The van der Waals surface area contributed by atoms with Crippen molar-refractivity contribution >= 4 is 17.6 Å². The van der Waals surface area contributed by atoms with E-state index in [1.54, 1.807) is 12.1 Å². The number of nitro benzene ring substituents is 1. The standard InChI is InChI=1S/C14H16N4O4/c19-12-14(16-13(20)15-12)5-7-17(8-6-14)9-10-1-3-11(4-2-10)18(21)22/h1-4H,5-9H2,(H2,15,16,19,20). The van der Waals surface area contributed by atoms with Crippen LogP contribution in [0.4, 0.5) is 10.5 Å². The lowest BCUT2D eigenvalue weighted by atomic mass is 9.87. The van der Waals surface area contributed by atoms with Crippen molar-refractivity contribution in [2.75, 3.05) is 13.1 Å². The van der Waals surface area contributed by atoms with Crippen LogP contribution in [0.5, 0.6) is 0 Å². The minimum Gasteiger partial charge on any atom is -0.323 e. The van der Waals surface area contributed by atoms with Crippen molar-refractivity contribution in [1.29, 1.82) is 0 Å². The van der Waals surface area contributed by atoms with Gasteiger partial charge in [0.25, 0.3) is 11.6 Å². The Balaban J connectivity index is 1.59. The summed E-state index contributed by atoms with van der Waals surface area (Å²) >= 11 is 0. The first-order valence-corrected chi connectivity index (χ1v) is 7.08. The second kappa shape index (κ2) is 5.38. The van der Waals surface area contributed by atoms with E-state index in [9.17, 15) is 19.7 Å². The van der Waals surface area contributed by atoms with Gasteiger partial charge in [0.05, 0.1) is 4.92 Å². The van der Waals surface area contributed by atoms with Gasteiger partial charge >= 0.3 is 6.03 Å². The second-order valence-electron chi connectivity index (χ2n) is 5.69. The van der Waals surface area contributed by atoms with Gasteiger partial charge in [-0.3, -0.25) is 25.1 Å². The van der Waals surface area contributed by atoms with Crippen LogP contribution in [0.15, 0.2) is 24.3 Å². The third kappa shape index (κ3) is 2.64. The van der Waals surface area contributed by atoms with Gasteiger partial charge in [0, 0.05) is 31.8 Å². The number of urea groups is 1. The molecule has 8 nitrogen and oxygen atoms in total. The number of rotatable bonds is 3. The summed E-state index contributed by atoms with van der Waals surface area (Å²) in [4.78, 5) is 35.5. The van der Waals surface area contributed by atoms with E-state index in [0.717, 1.165) is 5.56 Å². The molecular weight excluding hydrogens is 288 g/mol. The first-order valence-electron chi connectivity index (χ1n) is 7.08. The van der Waals surface area contributed by atoms with Crippen molar-refractivity contribution in [2.45, 2.75) is 24.9 Å². The third-order valence-electron chi connectivity index (χ3n) is 4.28. The van der Waals surface area contributed by atoms with Crippen LogP contribution in [-0.2, 0) is 11.3 Å². The number of amides is 3. The van der Waals surface area contributed by atoms with Crippen LogP contribution in [0.1, 0.15) is 18.4 Å². The second-order valence-corrected chi connectivity index (χ2v) is 5.69. The predicted molar refractivity (Wildman–Crippen MR) is 77.0 cm³/mol. The van der Waals surface area contributed by atoms with Crippen LogP contribution in [0.3, 0.4) is 0 Å². The first-order chi connectivity index (χ1) is 10.5. The Morgan fingerprint density at radius 3 is 2.32 bits per heavy atom. The van der Waals surface area contributed by atoms with Crippen molar-refractivity contribution in [1.82, 2.24) is 15.5 Å². The molecule has 22 heavy (non-hydrogen) atoms. The number of carbonyl (C=O) groups is 2. The number of carbonyl (C=O) groups excluding carboxylic acids is 2. The van der Waals surface area contributed by atoms with Crippen molar-refractivity contribution in [3.05, 3.63) is 39.9 Å². The van der Waals surface area contributed by atoms with E-state index in [1.165, 1.54) is 12.1 Å². The van der Waals surface area contributed by atoms with E-state index in [-0.39, 0.29) is 11.6 Å². The van der Waals surface area contributed by atoms with Crippen LogP contribution in [0.25, 0.3) is 0 Å². The highest BCUT2D eigenvalue weighted by Crippen LogP contribution is 2.26. The number of imide groups is 1. The van der Waals surface area contributed by atoms with Crippen LogP contribution in [0.2, 0.25) is 0 Å². The Bertz CT molecular complexity index is 620. The molecule has 0 aromatic heterocycles. The van der Waals surface area contributed by atoms with E-state index in [0.29, 0.717) is 32.5 Å². The van der Waals surface area contributed by atoms with Gasteiger partial charge in [-0.1, -0.05) is 12.1 Å². The fraction of sp³-hybridized carbons (Fsp3) is 0.429.